The number of amides is 2. The van der Waals surface area contributed by atoms with E-state index in [-0.39, 0.29) is 5.91 Å². The number of carbonyl (C=O) groups is 2. The van der Waals surface area contributed by atoms with Crippen LogP contribution in [0.4, 0.5) is 10.5 Å². The zero-order valence-electron chi connectivity index (χ0n) is 14.7. The summed E-state index contributed by atoms with van der Waals surface area (Å²) in [5.41, 5.74) is 1.82. The van der Waals surface area contributed by atoms with Crippen molar-refractivity contribution in [3.63, 3.8) is 0 Å². The van der Waals surface area contributed by atoms with Gasteiger partial charge in [0.25, 0.3) is 5.91 Å². The van der Waals surface area contributed by atoms with Crippen LogP contribution in [0.5, 0.6) is 0 Å². The number of carbonyl (C=O) groups excluding carboxylic acids is 2. The SMILES string of the molecule is CC(C)(C)OC(=O)NCCc1ccc(NC(=O)c2ccncc2)cc1. The lowest BCUT2D eigenvalue weighted by Crippen LogP contribution is -2.33. The zero-order chi connectivity index (χ0) is 18.3. The fraction of sp³-hybridized carbons (Fsp3) is 0.316. The van der Waals surface area contributed by atoms with E-state index in [4.69, 9.17) is 4.74 Å². The molecule has 0 spiro atoms. The molecule has 1 aromatic carbocycles. The number of aromatic nitrogens is 1. The third-order valence-corrected chi connectivity index (χ3v) is 3.24. The first-order chi connectivity index (χ1) is 11.8. The Kier molecular flexibility index (Phi) is 6.11. The predicted octanol–water partition coefficient (Wildman–Crippen LogP) is 3.40. The van der Waals surface area contributed by atoms with Gasteiger partial charge in [0.15, 0.2) is 0 Å². The molecule has 2 amide bonds. The number of ether oxygens (including phenoxy) is 1. The second-order valence-electron chi connectivity index (χ2n) is 6.57. The van der Waals surface area contributed by atoms with Crippen molar-refractivity contribution in [1.29, 1.82) is 0 Å². The average molecular weight is 341 g/mol. The topological polar surface area (TPSA) is 80.3 Å². The van der Waals surface area contributed by atoms with E-state index in [9.17, 15) is 9.59 Å². The molecule has 0 saturated heterocycles. The molecule has 0 bridgehead atoms. The summed E-state index contributed by atoms with van der Waals surface area (Å²) in [5.74, 6) is -0.179. The third kappa shape index (κ3) is 6.63. The molecule has 0 aliphatic heterocycles. The summed E-state index contributed by atoms with van der Waals surface area (Å²) >= 11 is 0. The predicted molar refractivity (Wildman–Crippen MR) is 96.6 cm³/mol. The minimum atomic E-state index is -0.501. The Bertz CT molecular complexity index is 707. The van der Waals surface area contributed by atoms with Crippen molar-refractivity contribution >= 4 is 17.7 Å². The average Bonchev–Trinajstić information content (AvgIpc) is 2.55. The number of pyridine rings is 1. The quantitative estimate of drug-likeness (QED) is 0.873. The summed E-state index contributed by atoms with van der Waals surface area (Å²) in [4.78, 5) is 27.5. The Morgan fingerprint density at radius 3 is 2.28 bits per heavy atom. The number of hydrogen-bond acceptors (Lipinski definition) is 4. The lowest BCUT2D eigenvalue weighted by Gasteiger charge is -2.19. The van der Waals surface area contributed by atoms with Crippen molar-refractivity contribution < 1.29 is 14.3 Å². The van der Waals surface area contributed by atoms with Gasteiger partial charge in [-0.25, -0.2) is 4.79 Å². The highest BCUT2D eigenvalue weighted by Crippen LogP contribution is 2.12. The molecule has 6 heteroatoms. The molecule has 132 valence electrons. The van der Waals surface area contributed by atoms with Gasteiger partial charge in [-0.15, -0.1) is 0 Å². The molecular formula is C19H23N3O3. The molecule has 6 nitrogen and oxygen atoms in total. The van der Waals surface area contributed by atoms with Crippen molar-refractivity contribution in [3.05, 3.63) is 59.9 Å². The van der Waals surface area contributed by atoms with Crippen LogP contribution in [0.3, 0.4) is 0 Å². The molecule has 0 saturated carbocycles. The van der Waals surface area contributed by atoms with Gasteiger partial charge in [-0.2, -0.15) is 0 Å². The molecule has 0 atom stereocenters. The Morgan fingerprint density at radius 2 is 1.68 bits per heavy atom. The highest BCUT2D eigenvalue weighted by molar-refractivity contribution is 6.04. The number of nitrogens with one attached hydrogen (secondary N) is 2. The molecule has 2 rings (SSSR count). The summed E-state index contributed by atoms with van der Waals surface area (Å²) in [6.07, 6.45) is 3.41. The Balaban J connectivity index is 1.80. The van der Waals surface area contributed by atoms with Gasteiger partial charge < -0.3 is 15.4 Å². The van der Waals surface area contributed by atoms with E-state index in [1.54, 1.807) is 24.5 Å². The smallest absolute Gasteiger partial charge is 0.407 e. The summed E-state index contributed by atoms with van der Waals surface area (Å²) in [5, 5.41) is 5.55. The van der Waals surface area contributed by atoms with Gasteiger partial charge in [0, 0.05) is 30.2 Å². The van der Waals surface area contributed by atoms with E-state index in [1.165, 1.54) is 0 Å². The molecule has 0 fully saturated rings. The molecule has 0 aliphatic carbocycles. The summed E-state index contributed by atoms with van der Waals surface area (Å²) in [7, 11) is 0. The third-order valence-electron chi connectivity index (χ3n) is 3.24. The van der Waals surface area contributed by atoms with Crippen LogP contribution in [0.2, 0.25) is 0 Å². The molecule has 0 radical (unpaired) electrons. The lowest BCUT2D eigenvalue weighted by molar-refractivity contribution is 0.0528. The van der Waals surface area contributed by atoms with Gasteiger partial charge in [-0.05, 0) is 57.0 Å². The van der Waals surface area contributed by atoms with Crippen LogP contribution in [0, 0.1) is 0 Å². The van der Waals surface area contributed by atoms with Crippen LogP contribution in [0.25, 0.3) is 0 Å². The van der Waals surface area contributed by atoms with E-state index in [1.807, 2.05) is 45.0 Å². The summed E-state index contributed by atoms with van der Waals surface area (Å²) in [6.45, 7) is 5.96. The molecule has 25 heavy (non-hydrogen) atoms. The normalized spacial score (nSPS) is 10.8. The molecule has 2 aromatic rings. The molecule has 0 aliphatic rings. The molecule has 0 unspecified atom stereocenters. The minimum Gasteiger partial charge on any atom is -0.444 e. The first-order valence-corrected chi connectivity index (χ1v) is 8.11. The van der Waals surface area contributed by atoms with Crippen LogP contribution in [-0.2, 0) is 11.2 Å². The fourth-order valence-corrected chi connectivity index (χ4v) is 2.08. The highest BCUT2D eigenvalue weighted by Gasteiger charge is 2.15. The second kappa shape index (κ2) is 8.28. The first-order valence-electron chi connectivity index (χ1n) is 8.11. The largest absolute Gasteiger partial charge is 0.444 e. The van der Waals surface area contributed by atoms with Crippen LogP contribution >= 0.6 is 0 Å². The van der Waals surface area contributed by atoms with Crippen LogP contribution < -0.4 is 10.6 Å². The molecule has 2 N–H and O–H groups in total. The highest BCUT2D eigenvalue weighted by atomic mass is 16.6. The monoisotopic (exact) mass is 341 g/mol. The summed E-state index contributed by atoms with van der Waals surface area (Å²) in [6, 6.07) is 10.8. The zero-order valence-corrected chi connectivity index (χ0v) is 14.7. The van der Waals surface area contributed by atoms with Crippen LogP contribution in [0.15, 0.2) is 48.8 Å². The molecular weight excluding hydrogens is 318 g/mol. The van der Waals surface area contributed by atoms with Gasteiger partial charge in [-0.3, -0.25) is 9.78 Å². The van der Waals surface area contributed by atoms with Gasteiger partial charge in [0.05, 0.1) is 0 Å². The number of nitrogens with zero attached hydrogens (tertiary/aromatic N) is 1. The van der Waals surface area contributed by atoms with Gasteiger partial charge in [-0.1, -0.05) is 12.1 Å². The Morgan fingerprint density at radius 1 is 1.04 bits per heavy atom. The van der Waals surface area contributed by atoms with Gasteiger partial charge in [0.1, 0.15) is 5.60 Å². The van der Waals surface area contributed by atoms with Crippen molar-refractivity contribution in [2.24, 2.45) is 0 Å². The maximum absolute atomic E-state index is 12.1. The van der Waals surface area contributed by atoms with Crippen molar-refractivity contribution in [1.82, 2.24) is 10.3 Å². The van der Waals surface area contributed by atoms with Gasteiger partial charge >= 0.3 is 6.09 Å². The maximum Gasteiger partial charge on any atom is 0.407 e. The van der Waals surface area contributed by atoms with E-state index in [0.717, 1.165) is 5.56 Å². The number of hydrogen-bond donors (Lipinski definition) is 2. The van der Waals surface area contributed by atoms with Crippen molar-refractivity contribution in [2.45, 2.75) is 32.8 Å². The van der Waals surface area contributed by atoms with E-state index >= 15 is 0 Å². The first kappa shape index (κ1) is 18.4. The van der Waals surface area contributed by atoms with E-state index in [0.29, 0.717) is 24.2 Å². The number of rotatable bonds is 5. The fourth-order valence-electron chi connectivity index (χ4n) is 2.08. The number of anilines is 1. The second-order valence-corrected chi connectivity index (χ2v) is 6.57. The Hall–Kier alpha value is -2.89. The van der Waals surface area contributed by atoms with E-state index < -0.39 is 11.7 Å². The number of benzene rings is 1. The molecule has 1 heterocycles. The lowest BCUT2D eigenvalue weighted by atomic mass is 10.1. The standard InChI is InChI=1S/C19H23N3O3/c1-19(2,3)25-18(24)21-13-8-14-4-6-16(7-5-14)22-17(23)15-9-11-20-12-10-15/h4-7,9-12H,8,13H2,1-3H3,(H,21,24)(H,22,23). The molecule has 1 aromatic heterocycles. The number of alkyl carbamates (subject to hydrolysis) is 1. The van der Waals surface area contributed by atoms with Gasteiger partial charge in [0.2, 0.25) is 0 Å². The van der Waals surface area contributed by atoms with Crippen molar-refractivity contribution in [2.75, 3.05) is 11.9 Å². The Labute approximate surface area is 147 Å². The van der Waals surface area contributed by atoms with E-state index in [2.05, 4.69) is 15.6 Å². The minimum absolute atomic E-state index is 0.179. The summed E-state index contributed by atoms with van der Waals surface area (Å²) < 4.78 is 5.18. The maximum atomic E-state index is 12.1. The van der Waals surface area contributed by atoms with Crippen LogP contribution in [-0.4, -0.2) is 29.1 Å². The van der Waals surface area contributed by atoms with Crippen molar-refractivity contribution in [3.8, 4) is 0 Å². The van der Waals surface area contributed by atoms with Crippen LogP contribution in [0.1, 0.15) is 36.7 Å².